The SMILES string of the molecule is CCc1nc(CC)n(-c2nnc(C)c(C)c2C#N)n1. The van der Waals surface area contributed by atoms with Gasteiger partial charge in [-0.05, 0) is 19.4 Å². The second kappa shape index (κ2) is 5.14. The molecule has 0 bridgehead atoms. The molecule has 0 N–H and O–H groups in total. The van der Waals surface area contributed by atoms with Gasteiger partial charge in [0.1, 0.15) is 17.5 Å². The molecule has 0 atom stereocenters. The van der Waals surface area contributed by atoms with Crippen LogP contribution in [0.3, 0.4) is 0 Å². The zero-order valence-electron chi connectivity index (χ0n) is 11.6. The van der Waals surface area contributed by atoms with Gasteiger partial charge in [0.25, 0.3) is 0 Å². The molecule has 0 spiro atoms. The maximum atomic E-state index is 9.33. The maximum absolute atomic E-state index is 9.33. The predicted octanol–water partition coefficient (Wildman–Crippen LogP) is 1.67. The van der Waals surface area contributed by atoms with E-state index < -0.39 is 0 Å². The summed E-state index contributed by atoms with van der Waals surface area (Å²) in [5, 5.41) is 21.9. The van der Waals surface area contributed by atoms with Gasteiger partial charge >= 0.3 is 0 Å². The number of rotatable bonds is 3. The highest BCUT2D eigenvalue weighted by atomic mass is 15.4. The fourth-order valence-corrected chi connectivity index (χ4v) is 1.82. The molecule has 0 aliphatic heterocycles. The molecule has 2 rings (SSSR count). The lowest BCUT2D eigenvalue weighted by Crippen LogP contribution is -2.10. The molecule has 19 heavy (non-hydrogen) atoms. The molecule has 0 aromatic carbocycles. The van der Waals surface area contributed by atoms with E-state index >= 15 is 0 Å². The van der Waals surface area contributed by atoms with Gasteiger partial charge in [-0.25, -0.2) is 4.98 Å². The summed E-state index contributed by atoms with van der Waals surface area (Å²) in [5.74, 6) is 2.02. The van der Waals surface area contributed by atoms with Crippen LogP contribution in [0.2, 0.25) is 0 Å². The summed E-state index contributed by atoms with van der Waals surface area (Å²) >= 11 is 0. The van der Waals surface area contributed by atoms with E-state index in [4.69, 9.17) is 0 Å². The van der Waals surface area contributed by atoms with E-state index in [9.17, 15) is 5.26 Å². The monoisotopic (exact) mass is 256 g/mol. The Morgan fingerprint density at radius 3 is 2.47 bits per heavy atom. The molecule has 2 heterocycles. The van der Waals surface area contributed by atoms with Crippen LogP contribution in [-0.4, -0.2) is 25.0 Å². The Bertz CT molecular complexity index is 650. The largest absolute Gasteiger partial charge is 0.216 e. The van der Waals surface area contributed by atoms with E-state index in [1.807, 2.05) is 27.7 Å². The van der Waals surface area contributed by atoms with Crippen LogP contribution in [0, 0.1) is 25.2 Å². The van der Waals surface area contributed by atoms with Crippen molar-refractivity contribution in [1.82, 2.24) is 25.0 Å². The van der Waals surface area contributed by atoms with Crippen LogP contribution in [0.5, 0.6) is 0 Å². The standard InChI is InChI=1S/C13H16N6/c1-5-11-15-12(6-2)19(18-11)13-10(7-14)8(3)9(4)16-17-13/h5-6H2,1-4H3. The third kappa shape index (κ3) is 2.19. The van der Waals surface area contributed by atoms with Crippen LogP contribution in [-0.2, 0) is 12.8 Å². The number of hydrogen-bond acceptors (Lipinski definition) is 5. The molecule has 2 aromatic heterocycles. The van der Waals surface area contributed by atoms with Crippen molar-refractivity contribution in [2.75, 3.05) is 0 Å². The van der Waals surface area contributed by atoms with Crippen LogP contribution in [0.25, 0.3) is 5.82 Å². The van der Waals surface area contributed by atoms with Crippen molar-refractivity contribution in [3.63, 3.8) is 0 Å². The quantitative estimate of drug-likeness (QED) is 0.834. The Morgan fingerprint density at radius 2 is 1.89 bits per heavy atom. The molecule has 98 valence electrons. The molecule has 6 heteroatoms. The molecule has 0 unspecified atom stereocenters. The number of hydrogen-bond donors (Lipinski definition) is 0. The van der Waals surface area contributed by atoms with Gasteiger partial charge in [0.15, 0.2) is 11.6 Å². The van der Waals surface area contributed by atoms with E-state index in [0.717, 1.165) is 35.7 Å². The molecule has 0 fully saturated rings. The van der Waals surface area contributed by atoms with Crippen molar-refractivity contribution < 1.29 is 0 Å². The Hall–Kier alpha value is -2.29. The lowest BCUT2D eigenvalue weighted by atomic mass is 10.1. The van der Waals surface area contributed by atoms with Gasteiger partial charge in [0.05, 0.1) is 5.69 Å². The molecule has 0 saturated heterocycles. The zero-order chi connectivity index (χ0) is 14.0. The summed E-state index contributed by atoms with van der Waals surface area (Å²) in [6.07, 6.45) is 1.48. The average Bonchev–Trinajstić information content (AvgIpc) is 2.84. The van der Waals surface area contributed by atoms with E-state index in [-0.39, 0.29) is 0 Å². The Labute approximate surface area is 112 Å². The summed E-state index contributed by atoms with van der Waals surface area (Å²) in [4.78, 5) is 4.43. The van der Waals surface area contributed by atoms with Gasteiger partial charge in [-0.2, -0.15) is 15.0 Å². The molecule has 0 saturated carbocycles. The van der Waals surface area contributed by atoms with Crippen molar-refractivity contribution in [3.05, 3.63) is 28.5 Å². The average molecular weight is 256 g/mol. The number of aryl methyl sites for hydroxylation is 3. The summed E-state index contributed by atoms with van der Waals surface area (Å²) in [7, 11) is 0. The minimum absolute atomic E-state index is 0.467. The van der Waals surface area contributed by atoms with Crippen LogP contribution in [0.15, 0.2) is 0 Å². The minimum Gasteiger partial charge on any atom is -0.216 e. The summed E-state index contributed by atoms with van der Waals surface area (Å²) in [5.41, 5.74) is 2.10. The van der Waals surface area contributed by atoms with Crippen LogP contribution in [0.4, 0.5) is 0 Å². The summed E-state index contributed by atoms with van der Waals surface area (Å²) < 4.78 is 1.64. The van der Waals surface area contributed by atoms with Gasteiger partial charge in [0, 0.05) is 12.8 Å². The van der Waals surface area contributed by atoms with E-state index in [2.05, 4.69) is 26.3 Å². The van der Waals surface area contributed by atoms with Crippen molar-refractivity contribution in [2.45, 2.75) is 40.5 Å². The van der Waals surface area contributed by atoms with Gasteiger partial charge < -0.3 is 0 Å². The van der Waals surface area contributed by atoms with Crippen molar-refractivity contribution in [2.24, 2.45) is 0 Å². The van der Waals surface area contributed by atoms with Gasteiger partial charge in [-0.1, -0.05) is 13.8 Å². The number of nitriles is 1. The van der Waals surface area contributed by atoms with Gasteiger partial charge in [-0.3, -0.25) is 0 Å². The van der Waals surface area contributed by atoms with E-state index in [1.54, 1.807) is 4.68 Å². The van der Waals surface area contributed by atoms with Crippen LogP contribution < -0.4 is 0 Å². The fraction of sp³-hybridized carbons (Fsp3) is 0.462. The summed E-state index contributed by atoms with van der Waals surface area (Å²) in [6, 6.07) is 2.19. The van der Waals surface area contributed by atoms with E-state index in [1.165, 1.54) is 0 Å². The molecular formula is C13H16N6. The normalized spacial score (nSPS) is 10.5. The Morgan fingerprint density at radius 1 is 1.16 bits per heavy atom. The Balaban J connectivity index is 2.69. The number of aromatic nitrogens is 5. The summed E-state index contributed by atoms with van der Waals surface area (Å²) in [6.45, 7) is 7.71. The number of nitrogens with zero attached hydrogens (tertiary/aromatic N) is 6. The molecule has 2 aromatic rings. The fourth-order valence-electron chi connectivity index (χ4n) is 1.82. The first kappa shape index (κ1) is 13.1. The maximum Gasteiger partial charge on any atom is 0.195 e. The molecule has 6 nitrogen and oxygen atoms in total. The lowest BCUT2D eigenvalue weighted by Gasteiger charge is -2.08. The first-order valence-corrected chi connectivity index (χ1v) is 6.31. The highest BCUT2D eigenvalue weighted by Gasteiger charge is 2.17. The lowest BCUT2D eigenvalue weighted by molar-refractivity contribution is 0.741. The van der Waals surface area contributed by atoms with Crippen LogP contribution >= 0.6 is 0 Å². The van der Waals surface area contributed by atoms with E-state index in [0.29, 0.717) is 11.4 Å². The van der Waals surface area contributed by atoms with Crippen molar-refractivity contribution in [3.8, 4) is 11.9 Å². The van der Waals surface area contributed by atoms with Gasteiger partial charge in [-0.15, -0.1) is 10.2 Å². The predicted molar refractivity (Wildman–Crippen MR) is 69.9 cm³/mol. The van der Waals surface area contributed by atoms with Crippen molar-refractivity contribution in [1.29, 1.82) is 5.26 Å². The van der Waals surface area contributed by atoms with Gasteiger partial charge in [0.2, 0.25) is 0 Å². The highest BCUT2D eigenvalue weighted by molar-refractivity contribution is 5.49. The molecule has 0 radical (unpaired) electrons. The highest BCUT2D eigenvalue weighted by Crippen LogP contribution is 2.17. The molecule has 0 aliphatic carbocycles. The van der Waals surface area contributed by atoms with Crippen molar-refractivity contribution >= 4 is 0 Å². The molecular weight excluding hydrogens is 240 g/mol. The zero-order valence-corrected chi connectivity index (χ0v) is 11.6. The first-order valence-electron chi connectivity index (χ1n) is 6.31. The molecule has 0 aliphatic rings. The third-order valence-corrected chi connectivity index (χ3v) is 3.10. The third-order valence-electron chi connectivity index (χ3n) is 3.10. The van der Waals surface area contributed by atoms with Crippen LogP contribution in [0.1, 0.15) is 42.3 Å². The Kier molecular flexibility index (Phi) is 3.56. The molecule has 0 amide bonds. The second-order valence-electron chi connectivity index (χ2n) is 4.28. The smallest absolute Gasteiger partial charge is 0.195 e. The minimum atomic E-state index is 0.467. The second-order valence-corrected chi connectivity index (χ2v) is 4.28. The topological polar surface area (TPSA) is 80.3 Å². The first-order chi connectivity index (χ1) is 9.12.